The maximum Gasteiger partial charge on any atom is 0.138 e. The number of pyridine rings is 1. The van der Waals surface area contributed by atoms with Crippen molar-refractivity contribution >= 4 is 54.5 Å². The van der Waals surface area contributed by atoms with Crippen LogP contribution in [0.5, 0.6) is 0 Å². The highest BCUT2D eigenvalue weighted by molar-refractivity contribution is 6.27. The van der Waals surface area contributed by atoms with Gasteiger partial charge in [-0.3, -0.25) is 4.57 Å². The topological polar surface area (TPSA) is 27.7 Å². The number of hydrogen-bond donors (Lipinski definition) is 0. The van der Waals surface area contributed by atoms with Crippen LogP contribution in [0.25, 0.3) is 94.1 Å². The van der Waals surface area contributed by atoms with E-state index >= 15 is 0 Å². The van der Waals surface area contributed by atoms with Gasteiger partial charge < -0.3 is 9.13 Å². The summed E-state index contributed by atoms with van der Waals surface area (Å²) in [5, 5.41) is 6.02. The Morgan fingerprint density at radius 1 is 0.377 bits per heavy atom. The second-order valence-electron chi connectivity index (χ2n) is 13.7. The SMILES string of the molecule is c1ccc(-c2cc(-c3ccccc3)nc(-n3c4ccccc4c4ccc5c(c6cc7ccn(-c8ccccc8)c7cc6n5-c5ccccc5)c43)c2)cc1. The zero-order valence-corrected chi connectivity index (χ0v) is 28.8. The Labute approximate surface area is 306 Å². The van der Waals surface area contributed by atoms with Crippen LogP contribution in [0.2, 0.25) is 0 Å². The third kappa shape index (κ3) is 4.59. The average molecular weight is 677 g/mol. The van der Waals surface area contributed by atoms with Crippen LogP contribution in [0, 0.1) is 0 Å². The molecule has 4 heteroatoms. The normalized spacial score (nSPS) is 11.8. The summed E-state index contributed by atoms with van der Waals surface area (Å²) < 4.78 is 7.12. The molecule has 4 heterocycles. The first-order chi connectivity index (χ1) is 26.3. The lowest BCUT2D eigenvalue weighted by atomic mass is 10.0. The molecule has 7 aromatic carbocycles. The summed E-state index contributed by atoms with van der Waals surface area (Å²) in [5.74, 6) is 0.890. The first-order valence-electron chi connectivity index (χ1n) is 18.1. The molecule has 0 aliphatic heterocycles. The van der Waals surface area contributed by atoms with Crippen molar-refractivity contribution in [1.29, 1.82) is 0 Å². The minimum atomic E-state index is 0.890. The predicted octanol–water partition coefficient (Wildman–Crippen LogP) is 12.6. The fraction of sp³-hybridized carbons (Fsp3) is 0. The molecule has 0 saturated carbocycles. The molecule has 0 bridgehead atoms. The van der Waals surface area contributed by atoms with E-state index in [1.165, 1.54) is 32.4 Å². The minimum absolute atomic E-state index is 0.890. The molecule has 248 valence electrons. The lowest BCUT2D eigenvalue weighted by Crippen LogP contribution is -2.00. The summed E-state index contributed by atoms with van der Waals surface area (Å²) in [4.78, 5) is 5.46. The average Bonchev–Trinajstić information content (AvgIpc) is 3.91. The van der Waals surface area contributed by atoms with Gasteiger partial charge in [-0.05, 0) is 77.9 Å². The van der Waals surface area contributed by atoms with E-state index < -0.39 is 0 Å². The molecule has 0 spiro atoms. The molecule has 0 aliphatic carbocycles. The third-order valence-corrected chi connectivity index (χ3v) is 10.6. The summed E-state index contributed by atoms with van der Waals surface area (Å²) in [7, 11) is 0. The Kier molecular flexibility index (Phi) is 6.52. The van der Waals surface area contributed by atoms with E-state index in [0.717, 1.165) is 61.6 Å². The van der Waals surface area contributed by atoms with Crippen LogP contribution in [0.1, 0.15) is 0 Å². The maximum atomic E-state index is 5.46. The van der Waals surface area contributed by atoms with Crippen LogP contribution in [-0.2, 0) is 0 Å². The number of fused-ring (bicyclic) bond motifs is 8. The Balaban J connectivity index is 1.30. The molecule has 0 unspecified atom stereocenters. The Bertz CT molecular complexity index is 3080. The van der Waals surface area contributed by atoms with Gasteiger partial charge in [-0.25, -0.2) is 4.98 Å². The highest BCUT2D eigenvalue weighted by atomic mass is 15.1. The molecule has 0 fully saturated rings. The molecule has 11 rings (SSSR count). The predicted molar refractivity (Wildman–Crippen MR) is 221 cm³/mol. The molecule has 4 nitrogen and oxygen atoms in total. The number of benzene rings is 7. The van der Waals surface area contributed by atoms with Crippen molar-refractivity contribution in [2.45, 2.75) is 0 Å². The summed E-state index contributed by atoms with van der Waals surface area (Å²) in [6.45, 7) is 0. The van der Waals surface area contributed by atoms with Crippen molar-refractivity contribution in [3.8, 4) is 39.6 Å². The second-order valence-corrected chi connectivity index (χ2v) is 13.7. The zero-order valence-electron chi connectivity index (χ0n) is 28.8. The Morgan fingerprint density at radius 2 is 1.04 bits per heavy atom. The monoisotopic (exact) mass is 676 g/mol. The van der Waals surface area contributed by atoms with Gasteiger partial charge in [0.2, 0.25) is 0 Å². The maximum absolute atomic E-state index is 5.46. The van der Waals surface area contributed by atoms with Crippen molar-refractivity contribution in [2.75, 3.05) is 0 Å². The lowest BCUT2D eigenvalue weighted by Gasteiger charge is -2.13. The van der Waals surface area contributed by atoms with Crippen LogP contribution >= 0.6 is 0 Å². The molecule has 0 aliphatic rings. The fourth-order valence-electron chi connectivity index (χ4n) is 8.28. The van der Waals surface area contributed by atoms with Crippen molar-refractivity contribution in [3.05, 3.63) is 194 Å². The van der Waals surface area contributed by atoms with Crippen LogP contribution in [0.3, 0.4) is 0 Å². The van der Waals surface area contributed by atoms with Gasteiger partial charge in [0, 0.05) is 50.1 Å². The first-order valence-corrected chi connectivity index (χ1v) is 18.1. The van der Waals surface area contributed by atoms with Gasteiger partial charge in [-0.1, -0.05) is 121 Å². The summed E-state index contributed by atoms with van der Waals surface area (Å²) in [5.41, 5.74) is 12.4. The van der Waals surface area contributed by atoms with E-state index in [1.54, 1.807) is 0 Å². The third-order valence-electron chi connectivity index (χ3n) is 10.6. The molecule has 0 amide bonds. The van der Waals surface area contributed by atoms with E-state index in [1.807, 2.05) is 0 Å². The zero-order chi connectivity index (χ0) is 34.9. The van der Waals surface area contributed by atoms with Crippen LogP contribution in [0.4, 0.5) is 0 Å². The molecule has 0 saturated heterocycles. The molecule has 0 atom stereocenters. The highest BCUT2D eigenvalue weighted by Gasteiger charge is 2.23. The van der Waals surface area contributed by atoms with E-state index in [-0.39, 0.29) is 0 Å². The number of nitrogens with zero attached hydrogens (tertiary/aromatic N) is 4. The van der Waals surface area contributed by atoms with Crippen LogP contribution in [-0.4, -0.2) is 18.7 Å². The second kappa shape index (κ2) is 11.7. The molecule has 0 N–H and O–H groups in total. The van der Waals surface area contributed by atoms with E-state index in [0.29, 0.717) is 0 Å². The highest BCUT2D eigenvalue weighted by Crippen LogP contribution is 2.43. The summed E-state index contributed by atoms with van der Waals surface area (Å²) in [6.07, 6.45) is 2.19. The van der Waals surface area contributed by atoms with Gasteiger partial charge in [0.1, 0.15) is 5.82 Å². The fourth-order valence-corrected chi connectivity index (χ4v) is 8.28. The molecule has 4 aromatic heterocycles. The van der Waals surface area contributed by atoms with Crippen LogP contribution in [0.15, 0.2) is 194 Å². The Hall–Kier alpha value is -7.17. The molecule has 53 heavy (non-hydrogen) atoms. The number of para-hydroxylation sites is 3. The van der Waals surface area contributed by atoms with Crippen molar-refractivity contribution < 1.29 is 0 Å². The van der Waals surface area contributed by atoms with Crippen molar-refractivity contribution in [2.24, 2.45) is 0 Å². The lowest BCUT2D eigenvalue weighted by molar-refractivity contribution is 1.09. The standard InChI is InChI=1S/C49H32N4/c1-5-15-33(16-6-1)36-30-42(34-17-7-2-8-18-34)50-47(31-36)53-43-24-14-13-23-39(43)40-25-26-44-48(49(40)53)41-29-35-27-28-51(37-19-9-3-10-20-37)45(35)32-46(41)52(44)38-21-11-4-12-22-38/h1-32H. The largest absolute Gasteiger partial charge is 0.316 e. The first kappa shape index (κ1) is 29.5. The molecular weight excluding hydrogens is 645 g/mol. The van der Waals surface area contributed by atoms with Crippen molar-refractivity contribution in [3.63, 3.8) is 0 Å². The van der Waals surface area contributed by atoms with Gasteiger partial charge >= 0.3 is 0 Å². The van der Waals surface area contributed by atoms with E-state index in [2.05, 4.69) is 208 Å². The van der Waals surface area contributed by atoms with Gasteiger partial charge in [-0.2, -0.15) is 0 Å². The van der Waals surface area contributed by atoms with E-state index in [9.17, 15) is 0 Å². The number of rotatable bonds is 5. The van der Waals surface area contributed by atoms with Gasteiger partial charge in [0.15, 0.2) is 0 Å². The van der Waals surface area contributed by atoms with Crippen molar-refractivity contribution in [1.82, 2.24) is 18.7 Å². The number of hydrogen-bond acceptors (Lipinski definition) is 1. The van der Waals surface area contributed by atoms with Gasteiger partial charge in [0.25, 0.3) is 0 Å². The van der Waals surface area contributed by atoms with Crippen LogP contribution < -0.4 is 0 Å². The summed E-state index contributed by atoms with van der Waals surface area (Å²) >= 11 is 0. The Morgan fingerprint density at radius 3 is 1.79 bits per heavy atom. The minimum Gasteiger partial charge on any atom is -0.316 e. The quantitative estimate of drug-likeness (QED) is 0.178. The number of aromatic nitrogens is 4. The smallest absolute Gasteiger partial charge is 0.138 e. The molecular formula is C49H32N4. The van der Waals surface area contributed by atoms with Gasteiger partial charge in [-0.15, -0.1) is 0 Å². The summed E-state index contributed by atoms with van der Waals surface area (Å²) in [6, 6.07) is 67.3. The van der Waals surface area contributed by atoms with E-state index in [4.69, 9.17) is 4.98 Å². The molecule has 11 aromatic rings. The van der Waals surface area contributed by atoms with Gasteiger partial charge in [0.05, 0.1) is 33.3 Å². The molecule has 0 radical (unpaired) electrons.